The molecule has 1 aliphatic heterocycles. The molecule has 2 aromatic rings. The van der Waals surface area contributed by atoms with Crippen molar-refractivity contribution < 1.29 is 22.7 Å². The Kier molecular flexibility index (Phi) is 5.18. The molecule has 1 amide bonds. The van der Waals surface area contributed by atoms with Gasteiger partial charge in [0.1, 0.15) is 0 Å². The largest absolute Gasteiger partial charge is 0.452 e. The summed E-state index contributed by atoms with van der Waals surface area (Å²) in [5, 5.41) is 0. The van der Waals surface area contributed by atoms with Crippen molar-refractivity contribution in [3.05, 3.63) is 59.7 Å². The van der Waals surface area contributed by atoms with Gasteiger partial charge in [0, 0.05) is 11.7 Å². The Morgan fingerprint density at radius 3 is 2.56 bits per heavy atom. The van der Waals surface area contributed by atoms with Crippen LogP contribution in [0.3, 0.4) is 0 Å². The van der Waals surface area contributed by atoms with E-state index in [9.17, 15) is 18.0 Å². The number of ether oxygens (including phenoxy) is 1. The summed E-state index contributed by atoms with van der Waals surface area (Å²) in [7, 11) is -3.55. The van der Waals surface area contributed by atoms with Gasteiger partial charge in [-0.05, 0) is 37.1 Å². The van der Waals surface area contributed by atoms with Gasteiger partial charge in [0.25, 0.3) is 5.91 Å². The summed E-state index contributed by atoms with van der Waals surface area (Å²) < 4.78 is 30.3. The Labute approximate surface area is 158 Å². The molecular formula is C19H20N2O5S. The quantitative estimate of drug-likeness (QED) is 0.793. The molecule has 8 heteroatoms. The topological polar surface area (TPSA) is 92.8 Å². The zero-order valence-electron chi connectivity index (χ0n) is 15.0. The van der Waals surface area contributed by atoms with Gasteiger partial charge in [-0.15, -0.1) is 0 Å². The van der Waals surface area contributed by atoms with Crippen molar-refractivity contribution in [1.82, 2.24) is 0 Å². The lowest BCUT2D eigenvalue weighted by molar-refractivity contribution is -0.122. The first-order valence-electron chi connectivity index (χ1n) is 8.40. The fraction of sp³-hybridized carbons (Fsp3) is 0.263. The van der Waals surface area contributed by atoms with Crippen LogP contribution < -0.4 is 9.62 Å². The van der Waals surface area contributed by atoms with Gasteiger partial charge in [-0.3, -0.25) is 9.52 Å². The van der Waals surface area contributed by atoms with Gasteiger partial charge in [0.15, 0.2) is 6.61 Å². The van der Waals surface area contributed by atoms with Gasteiger partial charge < -0.3 is 9.64 Å². The number of rotatable bonds is 5. The van der Waals surface area contributed by atoms with Crippen molar-refractivity contribution in [2.45, 2.75) is 19.4 Å². The smallest absolute Gasteiger partial charge is 0.340 e. The molecule has 0 radical (unpaired) electrons. The Morgan fingerprint density at radius 1 is 1.15 bits per heavy atom. The van der Waals surface area contributed by atoms with E-state index in [1.54, 1.807) is 17.0 Å². The van der Waals surface area contributed by atoms with Crippen molar-refractivity contribution in [3.8, 4) is 0 Å². The molecule has 1 N–H and O–H groups in total. The van der Waals surface area contributed by atoms with E-state index in [2.05, 4.69) is 4.72 Å². The molecule has 0 spiro atoms. The highest BCUT2D eigenvalue weighted by Crippen LogP contribution is 2.31. The van der Waals surface area contributed by atoms with E-state index < -0.39 is 22.6 Å². The van der Waals surface area contributed by atoms with Gasteiger partial charge in [0.05, 0.1) is 17.5 Å². The molecule has 0 fully saturated rings. The average Bonchev–Trinajstić information content (AvgIpc) is 2.94. The number of nitrogens with one attached hydrogen (secondary N) is 1. The third kappa shape index (κ3) is 4.28. The first-order chi connectivity index (χ1) is 12.8. The molecule has 3 rings (SSSR count). The maximum Gasteiger partial charge on any atom is 0.340 e. The van der Waals surface area contributed by atoms with Gasteiger partial charge >= 0.3 is 5.97 Å². The Morgan fingerprint density at radius 2 is 1.81 bits per heavy atom. The molecule has 0 aromatic heterocycles. The highest BCUT2D eigenvalue weighted by molar-refractivity contribution is 7.92. The van der Waals surface area contributed by atoms with Crippen LogP contribution in [0.2, 0.25) is 0 Å². The van der Waals surface area contributed by atoms with Crippen LogP contribution in [0.15, 0.2) is 48.5 Å². The summed E-state index contributed by atoms with van der Waals surface area (Å²) in [5.41, 5.74) is 2.06. The highest BCUT2D eigenvalue weighted by Gasteiger charge is 2.31. The number of amides is 1. The molecule has 0 saturated carbocycles. The minimum Gasteiger partial charge on any atom is -0.452 e. The fourth-order valence-electron chi connectivity index (χ4n) is 3.17. The summed E-state index contributed by atoms with van der Waals surface area (Å²) in [6.45, 7) is 1.51. The van der Waals surface area contributed by atoms with Gasteiger partial charge in [0.2, 0.25) is 10.0 Å². The SMILES string of the molecule is C[C@H]1Cc2ccccc2N1C(=O)COC(=O)c1ccccc1NS(C)(=O)=O. The molecule has 1 heterocycles. The molecule has 142 valence electrons. The maximum atomic E-state index is 12.6. The lowest BCUT2D eigenvalue weighted by Gasteiger charge is -2.22. The average molecular weight is 388 g/mol. The summed E-state index contributed by atoms with van der Waals surface area (Å²) in [5.74, 6) is -1.09. The zero-order chi connectivity index (χ0) is 19.6. The van der Waals surface area contributed by atoms with Gasteiger partial charge in [-0.1, -0.05) is 30.3 Å². The number of carbonyl (C=O) groups is 2. The van der Waals surface area contributed by atoms with Crippen LogP contribution in [0, 0.1) is 0 Å². The number of nitrogens with zero attached hydrogens (tertiary/aromatic N) is 1. The summed E-state index contributed by atoms with van der Waals surface area (Å²) in [6.07, 6.45) is 1.74. The summed E-state index contributed by atoms with van der Waals surface area (Å²) in [6, 6.07) is 13.7. The molecule has 27 heavy (non-hydrogen) atoms. The van der Waals surface area contributed by atoms with Crippen molar-refractivity contribution in [2.75, 3.05) is 22.5 Å². The number of sulfonamides is 1. The summed E-state index contributed by atoms with van der Waals surface area (Å²) >= 11 is 0. The van der Waals surface area contributed by atoms with Crippen LogP contribution in [0.25, 0.3) is 0 Å². The number of benzene rings is 2. The van der Waals surface area contributed by atoms with Crippen molar-refractivity contribution in [1.29, 1.82) is 0 Å². The Bertz CT molecular complexity index is 987. The first kappa shape index (κ1) is 18.9. The molecule has 2 aromatic carbocycles. The van der Waals surface area contributed by atoms with E-state index in [1.807, 2.05) is 31.2 Å². The standard InChI is InChI=1S/C19H20N2O5S/c1-13-11-14-7-3-6-10-17(14)21(13)18(22)12-26-19(23)15-8-4-5-9-16(15)20-27(2,24)25/h3-10,13,20H,11-12H2,1-2H3/t13-/m0/s1. The molecule has 1 atom stereocenters. The van der Waals surface area contributed by atoms with Crippen LogP contribution in [0.4, 0.5) is 11.4 Å². The van der Waals surface area contributed by atoms with Crippen LogP contribution in [-0.4, -0.2) is 39.2 Å². The minimum atomic E-state index is -3.55. The number of hydrogen-bond donors (Lipinski definition) is 1. The zero-order valence-corrected chi connectivity index (χ0v) is 15.8. The number of esters is 1. The second-order valence-electron chi connectivity index (χ2n) is 6.44. The lowest BCUT2D eigenvalue weighted by Crippen LogP contribution is -2.38. The van der Waals surface area contributed by atoms with E-state index in [1.165, 1.54) is 12.1 Å². The van der Waals surface area contributed by atoms with E-state index in [-0.39, 0.29) is 23.2 Å². The third-order valence-electron chi connectivity index (χ3n) is 4.25. The maximum absolute atomic E-state index is 12.6. The van der Waals surface area contributed by atoms with E-state index in [4.69, 9.17) is 4.74 Å². The van der Waals surface area contributed by atoms with Crippen LogP contribution in [0.5, 0.6) is 0 Å². The number of fused-ring (bicyclic) bond motifs is 1. The monoisotopic (exact) mass is 388 g/mol. The van der Waals surface area contributed by atoms with Crippen molar-refractivity contribution >= 4 is 33.3 Å². The highest BCUT2D eigenvalue weighted by atomic mass is 32.2. The number of para-hydroxylation sites is 2. The number of anilines is 2. The Hall–Kier alpha value is -2.87. The minimum absolute atomic E-state index is 0.0206. The lowest BCUT2D eigenvalue weighted by atomic mass is 10.1. The van der Waals surface area contributed by atoms with Gasteiger partial charge in [-0.25, -0.2) is 13.2 Å². The molecule has 0 bridgehead atoms. The first-order valence-corrected chi connectivity index (χ1v) is 10.3. The fourth-order valence-corrected chi connectivity index (χ4v) is 3.75. The van der Waals surface area contributed by atoms with E-state index in [0.29, 0.717) is 0 Å². The molecule has 0 unspecified atom stereocenters. The van der Waals surface area contributed by atoms with Crippen molar-refractivity contribution in [2.24, 2.45) is 0 Å². The predicted molar refractivity (Wildman–Crippen MR) is 102 cm³/mol. The van der Waals surface area contributed by atoms with Crippen LogP contribution in [0.1, 0.15) is 22.8 Å². The number of hydrogen-bond acceptors (Lipinski definition) is 5. The second kappa shape index (κ2) is 7.40. The molecule has 0 saturated heterocycles. The van der Waals surface area contributed by atoms with E-state index >= 15 is 0 Å². The summed E-state index contributed by atoms with van der Waals surface area (Å²) in [4.78, 5) is 26.6. The normalized spacial score (nSPS) is 15.9. The number of carbonyl (C=O) groups excluding carboxylic acids is 2. The Balaban J connectivity index is 1.71. The second-order valence-corrected chi connectivity index (χ2v) is 8.19. The van der Waals surface area contributed by atoms with Crippen LogP contribution >= 0.6 is 0 Å². The molecule has 1 aliphatic rings. The molecular weight excluding hydrogens is 368 g/mol. The molecule has 0 aliphatic carbocycles. The van der Waals surface area contributed by atoms with E-state index in [0.717, 1.165) is 23.9 Å². The van der Waals surface area contributed by atoms with Crippen LogP contribution in [-0.2, 0) is 26.0 Å². The molecule has 7 nitrogen and oxygen atoms in total. The predicted octanol–water partition coefficient (Wildman–Crippen LogP) is 2.19. The van der Waals surface area contributed by atoms with Gasteiger partial charge in [-0.2, -0.15) is 0 Å². The third-order valence-corrected chi connectivity index (χ3v) is 4.84. The van der Waals surface area contributed by atoms with Crippen molar-refractivity contribution in [3.63, 3.8) is 0 Å².